The third kappa shape index (κ3) is 2.01. The van der Waals surface area contributed by atoms with E-state index in [1.54, 1.807) is 11.3 Å². The zero-order chi connectivity index (χ0) is 10.9. The maximum absolute atomic E-state index is 5.77. The number of hydrogen-bond donors (Lipinski definition) is 0. The Morgan fingerprint density at radius 3 is 2.53 bits per heavy atom. The molecule has 1 aromatic carbocycles. The van der Waals surface area contributed by atoms with E-state index in [-0.39, 0.29) is 0 Å². The highest BCUT2D eigenvalue weighted by atomic mass is 32.4. The van der Waals surface area contributed by atoms with E-state index in [0.29, 0.717) is 0 Å². The molecule has 80 valence electrons. The first-order chi connectivity index (χ1) is 7.19. The van der Waals surface area contributed by atoms with Crippen molar-refractivity contribution in [3.05, 3.63) is 24.3 Å². The van der Waals surface area contributed by atoms with E-state index in [4.69, 9.17) is 16.8 Å². The molecule has 0 saturated heterocycles. The van der Waals surface area contributed by atoms with Gasteiger partial charge in [0.15, 0.2) is 0 Å². The summed E-state index contributed by atoms with van der Waals surface area (Å²) in [4.78, 5) is 4.69. The van der Waals surface area contributed by atoms with Crippen LogP contribution in [-0.2, 0) is 11.8 Å². The number of benzene rings is 1. The molecule has 0 aliphatic carbocycles. The summed E-state index contributed by atoms with van der Waals surface area (Å²) in [5.41, 5.74) is 1.11. The average Bonchev–Trinajstić information content (AvgIpc) is 2.72. The number of hydrogen-bond acceptors (Lipinski definition) is 3. The van der Waals surface area contributed by atoms with Crippen molar-refractivity contribution >= 4 is 44.1 Å². The van der Waals surface area contributed by atoms with Gasteiger partial charge in [-0.1, -0.05) is 37.8 Å². The van der Waals surface area contributed by atoms with E-state index in [0.717, 1.165) is 17.8 Å². The minimum atomic E-state index is -1.37. The molecule has 15 heavy (non-hydrogen) atoms. The average molecular weight is 255 g/mol. The van der Waals surface area contributed by atoms with E-state index in [2.05, 4.69) is 32.0 Å². The third-order valence-corrected chi connectivity index (χ3v) is 10.1. The van der Waals surface area contributed by atoms with Crippen molar-refractivity contribution in [3.63, 3.8) is 0 Å². The molecule has 4 heteroatoms. The van der Waals surface area contributed by atoms with Crippen molar-refractivity contribution in [3.8, 4) is 0 Å². The summed E-state index contributed by atoms with van der Waals surface area (Å²) in [7, 11) is 0. The van der Waals surface area contributed by atoms with Crippen molar-refractivity contribution in [1.29, 1.82) is 0 Å². The van der Waals surface area contributed by atoms with Gasteiger partial charge in [-0.15, -0.1) is 11.3 Å². The lowest BCUT2D eigenvalue weighted by Gasteiger charge is -2.13. The zero-order valence-electron chi connectivity index (χ0n) is 8.93. The minimum absolute atomic E-state index is 1.08. The Balaban J connectivity index is 2.58. The molecule has 0 amide bonds. The van der Waals surface area contributed by atoms with Gasteiger partial charge in [0, 0.05) is 6.04 Å². The van der Waals surface area contributed by atoms with Crippen LogP contribution in [0.25, 0.3) is 10.2 Å². The highest BCUT2D eigenvalue weighted by Gasteiger charge is 2.19. The van der Waals surface area contributed by atoms with Gasteiger partial charge in [0.25, 0.3) is 0 Å². The van der Waals surface area contributed by atoms with Crippen LogP contribution in [0.1, 0.15) is 13.8 Å². The summed E-state index contributed by atoms with van der Waals surface area (Å²) in [6, 6.07) is 6.93. The van der Waals surface area contributed by atoms with Crippen LogP contribution in [0.5, 0.6) is 0 Å². The van der Waals surface area contributed by atoms with Gasteiger partial charge >= 0.3 is 0 Å². The minimum Gasteiger partial charge on any atom is -0.236 e. The second-order valence-corrected chi connectivity index (χ2v) is 10.4. The van der Waals surface area contributed by atoms with Gasteiger partial charge in [-0.3, -0.25) is 0 Å². The molecule has 0 N–H and O–H groups in total. The Morgan fingerprint density at radius 2 is 1.93 bits per heavy atom. The van der Waals surface area contributed by atoms with E-state index in [1.807, 2.05) is 6.07 Å². The van der Waals surface area contributed by atoms with E-state index in [1.165, 1.54) is 9.45 Å². The van der Waals surface area contributed by atoms with Crippen LogP contribution in [-0.4, -0.2) is 17.3 Å². The maximum atomic E-state index is 5.77. The first-order valence-electron chi connectivity index (χ1n) is 5.14. The zero-order valence-corrected chi connectivity index (χ0v) is 11.5. The largest absolute Gasteiger partial charge is 0.236 e. The van der Waals surface area contributed by atoms with Crippen LogP contribution in [0.15, 0.2) is 24.3 Å². The number of thiazole rings is 1. The predicted molar refractivity (Wildman–Crippen MR) is 74.6 cm³/mol. The fraction of sp³-hybridized carbons (Fsp3) is 0.364. The molecule has 0 radical (unpaired) electrons. The molecule has 0 spiro atoms. The molecule has 0 atom stereocenters. The van der Waals surface area contributed by atoms with Crippen molar-refractivity contribution in [2.24, 2.45) is 0 Å². The van der Waals surface area contributed by atoms with Crippen molar-refractivity contribution < 1.29 is 0 Å². The SMILES string of the molecule is CCP(=S)(CC)c1nc2ccccc2s1. The van der Waals surface area contributed by atoms with Gasteiger partial charge in [0.2, 0.25) is 0 Å². The number of fused-ring (bicyclic) bond motifs is 1. The molecule has 2 rings (SSSR count). The second kappa shape index (κ2) is 4.32. The quantitative estimate of drug-likeness (QED) is 0.779. The molecular weight excluding hydrogens is 241 g/mol. The molecule has 0 fully saturated rings. The third-order valence-electron chi connectivity index (χ3n) is 2.65. The fourth-order valence-electron chi connectivity index (χ4n) is 1.53. The highest BCUT2D eigenvalue weighted by Crippen LogP contribution is 2.45. The first kappa shape index (κ1) is 11.3. The molecule has 1 nitrogen and oxygen atoms in total. The number of nitrogens with zero attached hydrogens (tertiary/aromatic N) is 1. The number of aromatic nitrogens is 1. The maximum Gasteiger partial charge on any atom is 0.126 e. The van der Waals surface area contributed by atoms with Gasteiger partial charge in [0.1, 0.15) is 4.75 Å². The Labute approximate surface area is 99.6 Å². The Kier molecular flexibility index (Phi) is 3.24. The Bertz CT molecular complexity index is 477. The van der Waals surface area contributed by atoms with Crippen LogP contribution < -0.4 is 4.75 Å². The summed E-state index contributed by atoms with van der Waals surface area (Å²) in [6.07, 6.45) is 2.16. The van der Waals surface area contributed by atoms with Crippen LogP contribution in [0, 0.1) is 0 Å². The standard InChI is InChI=1S/C11H14NPS2/c1-3-13(14,4-2)11-12-9-7-5-6-8-10(9)15-11/h5-8H,3-4H2,1-2H3. The van der Waals surface area contributed by atoms with Crippen LogP contribution in [0.4, 0.5) is 0 Å². The lowest BCUT2D eigenvalue weighted by molar-refractivity contribution is 1.41. The van der Waals surface area contributed by atoms with E-state index in [9.17, 15) is 0 Å². The van der Waals surface area contributed by atoms with Crippen LogP contribution >= 0.6 is 17.4 Å². The first-order valence-corrected chi connectivity index (χ1v) is 9.12. The molecule has 1 aromatic heterocycles. The topological polar surface area (TPSA) is 12.9 Å². The van der Waals surface area contributed by atoms with E-state index >= 15 is 0 Å². The highest BCUT2D eigenvalue weighted by molar-refractivity contribution is 8.19. The van der Waals surface area contributed by atoms with Crippen LogP contribution in [0.3, 0.4) is 0 Å². The summed E-state index contributed by atoms with van der Waals surface area (Å²) in [5, 5.41) is 0. The predicted octanol–water partition coefficient (Wildman–Crippen LogP) is 3.44. The normalized spacial score (nSPS) is 12.1. The lowest BCUT2D eigenvalue weighted by Crippen LogP contribution is -2.06. The van der Waals surface area contributed by atoms with Crippen molar-refractivity contribution in [1.82, 2.24) is 4.98 Å². The summed E-state index contributed by atoms with van der Waals surface area (Å²) in [6.45, 7) is 4.38. The molecule has 0 aliphatic rings. The van der Waals surface area contributed by atoms with Crippen LogP contribution in [0.2, 0.25) is 0 Å². The molecule has 0 saturated carbocycles. The summed E-state index contributed by atoms with van der Waals surface area (Å²) in [5.74, 6) is 0. The number of rotatable bonds is 3. The Morgan fingerprint density at radius 1 is 1.27 bits per heavy atom. The van der Waals surface area contributed by atoms with Gasteiger partial charge in [-0.25, -0.2) is 4.98 Å². The van der Waals surface area contributed by atoms with Gasteiger partial charge in [-0.05, 0) is 24.5 Å². The van der Waals surface area contributed by atoms with Crippen molar-refractivity contribution in [2.75, 3.05) is 12.3 Å². The summed E-state index contributed by atoms with van der Waals surface area (Å²) < 4.78 is 2.48. The van der Waals surface area contributed by atoms with Gasteiger partial charge < -0.3 is 0 Å². The molecule has 2 aromatic rings. The smallest absolute Gasteiger partial charge is 0.126 e. The molecular formula is C11H14NPS2. The lowest BCUT2D eigenvalue weighted by atomic mass is 10.3. The Hall–Kier alpha value is -0.240. The fourth-order valence-corrected chi connectivity index (χ4v) is 5.71. The molecule has 1 heterocycles. The molecule has 0 aliphatic heterocycles. The summed E-state index contributed by atoms with van der Waals surface area (Å²) >= 11 is 7.56. The monoisotopic (exact) mass is 255 g/mol. The number of para-hydroxylation sites is 1. The van der Waals surface area contributed by atoms with Gasteiger partial charge in [0.05, 0.1) is 10.2 Å². The van der Waals surface area contributed by atoms with Crippen molar-refractivity contribution in [2.45, 2.75) is 13.8 Å². The van der Waals surface area contributed by atoms with Gasteiger partial charge in [-0.2, -0.15) is 0 Å². The molecule has 0 bridgehead atoms. The second-order valence-electron chi connectivity index (χ2n) is 3.49. The van der Waals surface area contributed by atoms with E-state index < -0.39 is 6.04 Å². The molecule has 0 unspecified atom stereocenters.